The van der Waals surface area contributed by atoms with Gasteiger partial charge in [-0.3, -0.25) is 0 Å². The van der Waals surface area contributed by atoms with Crippen molar-refractivity contribution in [1.29, 1.82) is 0 Å². The number of hydrogen-bond acceptors (Lipinski definition) is 3. The standard InChI is InChI=1S/C6H9N3O2S/c7-12(10,11)6-3-9(4-8-6)5-1-2-5/h3-5H,1-2H2,(H2,7,10,11). The molecule has 1 aliphatic carbocycles. The van der Waals surface area contributed by atoms with Crippen molar-refractivity contribution in [2.24, 2.45) is 5.14 Å². The van der Waals surface area contributed by atoms with Gasteiger partial charge in [0, 0.05) is 12.2 Å². The summed E-state index contributed by atoms with van der Waals surface area (Å²) in [5.74, 6) is 0. The summed E-state index contributed by atoms with van der Waals surface area (Å²) < 4.78 is 23.4. The molecule has 1 saturated carbocycles. The molecule has 1 fully saturated rings. The molecule has 0 radical (unpaired) electrons. The van der Waals surface area contributed by atoms with Crippen molar-refractivity contribution < 1.29 is 8.42 Å². The van der Waals surface area contributed by atoms with Crippen LogP contribution < -0.4 is 5.14 Å². The molecule has 0 saturated heterocycles. The van der Waals surface area contributed by atoms with Gasteiger partial charge >= 0.3 is 0 Å². The first kappa shape index (κ1) is 7.75. The molecule has 6 heteroatoms. The van der Waals surface area contributed by atoms with Gasteiger partial charge in [-0.15, -0.1) is 0 Å². The number of rotatable bonds is 2. The Labute approximate surface area is 70.3 Å². The first-order chi connectivity index (χ1) is 5.57. The van der Waals surface area contributed by atoms with E-state index in [1.54, 1.807) is 4.57 Å². The molecule has 0 aromatic carbocycles. The maximum Gasteiger partial charge on any atom is 0.257 e. The lowest BCUT2D eigenvalue weighted by Crippen LogP contribution is -2.12. The SMILES string of the molecule is NS(=O)(=O)c1cn(C2CC2)cn1. The second-order valence-corrected chi connectivity index (χ2v) is 4.44. The predicted octanol–water partition coefficient (Wildman–Crippen LogP) is -0.135. The highest BCUT2D eigenvalue weighted by Gasteiger charge is 2.24. The molecule has 0 atom stereocenters. The number of imidazole rings is 1. The highest BCUT2D eigenvalue weighted by Crippen LogP contribution is 2.34. The van der Waals surface area contributed by atoms with E-state index in [4.69, 9.17) is 5.14 Å². The summed E-state index contributed by atoms with van der Waals surface area (Å²) in [6, 6.07) is 0.438. The quantitative estimate of drug-likeness (QED) is 0.700. The van der Waals surface area contributed by atoms with Gasteiger partial charge in [0.15, 0.2) is 5.03 Å². The molecule has 1 heterocycles. The van der Waals surface area contributed by atoms with E-state index in [0.29, 0.717) is 6.04 Å². The van der Waals surface area contributed by atoms with E-state index in [1.165, 1.54) is 12.5 Å². The summed E-state index contributed by atoms with van der Waals surface area (Å²) >= 11 is 0. The topological polar surface area (TPSA) is 78.0 Å². The Morgan fingerprint density at radius 3 is 2.67 bits per heavy atom. The number of nitrogens with two attached hydrogens (primary N) is 1. The van der Waals surface area contributed by atoms with Crippen LogP contribution in [-0.2, 0) is 10.0 Å². The number of primary sulfonamides is 1. The van der Waals surface area contributed by atoms with E-state index in [1.807, 2.05) is 0 Å². The van der Waals surface area contributed by atoms with Crippen LogP contribution in [0.25, 0.3) is 0 Å². The van der Waals surface area contributed by atoms with Gasteiger partial charge in [-0.25, -0.2) is 18.5 Å². The second-order valence-electron chi connectivity index (χ2n) is 2.94. The van der Waals surface area contributed by atoms with Gasteiger partial charge < -0.3 is 4.57 Å². The van der Waals surface area contributed by atoms with E-state index >= 15 is 0 Å². The zero-order valence-corrected chi connectivity index (χ0v) is 7.16. The van der Waals surface area contributed by atoms with Crippen LogP contribution in [0.15, 0.2) is 17.6 Å². The Bertz CT molecular complexity index is 391. The monoisotopic (exact) mass is 187 g/mol. The Kier molecular flexibility index (Phi) is 1.49. The zero-order valence-electron chi connectivity index (χ0n) is 6.34. The second kappa shape index (κ2) is 2.30. The van der Waals surface area contributed by atoms with Crippen molar-refractivity contribution in [3.05, 3.63) is 12.5 Å². The van der Waals surface area contributed by atoms with Crippen LogP contribution in [0.1, 0.15) is 18.9 Å². The van der Waals surface area contributed by atoms with Gasteiger partial charge in [-0.2, -0.15) is 0 Å². The fourth-order valence-electron chi connectivity index (χ4n) is 1.04. The van der Waals surface area contributed by atoms with Crippen molar-refractivity contribution >= 4 is 10.0 Å². The normalized spacial score (nSPS) is 18.1. The van der Waals surface area contributed by atoms with Crippen molar-refractivity contribution in [2.45, 2.75) is 23.9 Å². The maximum atomic E-state index is 10.8. The van der Waals surface area contributed by atoms with Crippen LogP contribution in [0.5, 0.6) is 0 Å². The van der Waals surface area contributed by atoms with Gasteiger partial charge in [0.2, 0.25) is 0 Å². The Hall–Kier alpha value is -0.880. The molecule has 1 aliphatic rings. The lowest BCUT2D eigenvalue weighted by atomic mass is 10.7. The Morgan fingerprint density at radius 1 is 1.58 bits per heavy atom. The number of sulfonamides is 1. The van der Waals surface area contributed by atoms with Gasteiger partial charge in [0.1, 0.15) is 0 Å². The Morgan fingerprint density at radius 2 is 2.25 bits per heavy atom. The minimum absolute atomic E-state index is 0.0469. The molecule has 0 spiro atoms. The molecule has 2 rings (SSSR count). The van der Waals surface area contributed by atoms with Crippen LogP contribution in [0.3, 0.4) is 0 Å². The van der Waals surface area contributed by atoms with Gasteiger partial charge in [-0.05, 0) is 12.8 Å². The largest absolute Gasteiger partial charge is 0.333 e. The Balaban J connectivity index is 2.35. The third kappa shape index (κ3) is 1.35. The third-order valence-electron chi connectivity index (χ3n) is 1.84. The van der Waals surface area contributed by atoms with Crippen LogP contribution in [0, 0.1) is 0 Å². The molecular formula is C6H9N3O2S. The number of aromatic nitrogens is 2. The van der Waals surface area contributed by atoms with Gasteiger partial charge in [0.25, 0.3) is 10.0 Å². The maximum absolute atomic E-state index is 10.8. The highest BCUT2D eigenvalue weighted by molar-refractivity contribution is 7.89. The summed E-state index contributed by atoms with van der Waals surface area (Å²) in [5.41, 5.74) is 0. The molecule has 0 aliphatic heterocycles. The van der Waals surface area contributed by atoms with E-state index in [2.05, 4.69) is 4.98 Å². The van der Waals surface area contributed by atoms with Crippen molar-refractivity contribution in [1.82, 2.24) is 9.55 Å². The third-order valence-corrected chi connectivity index (χ3v) is 2.63. The van der Waals surface area contributed by atoms with Crippen molar-refractivity contribution in [2.75, 3.05) is 0 Å². The first-order valence-electron chi connectivity index (χ1n) is 3.63. The van der Waals surface area contributed by atoms with Crippen molar-refractivity contribution in [3.63, 3.8) is 0 Å². The molecule has 0 amide bonds. The molecule has 1 aromatic rings. The zero-order chi connectivity index (χ0) is 8.77. The predicted molar refractivity (Wildman–Crippen MR) is 41.9 cm³/mol. The minimum Gasteiger partial charge on any atom is -0.333 e. The summed E-state index contributed by atoms with van der Waals surface area (Å²) in [7, 11) is -3.62. The fourth-order valence-corrected chi connectivity index (χ4v) is 1.50. The molecule has 12 heavy (non-hydrogen) atoms. The minimum atomic E-state index is -3.62. The summed E-state index contributed by atoms with van der Waals surface area (Å²) in [5, 5.41) is 4.84. The van der Waals surface area contributed by atoms with E-state index in [-0.39, 0.29) is 5.03 Å². The number of hydrogen-bond donors (Lipinski definition) is 1. The molecule has 0 bridgehead atoms. The van der Waals surface area contributed by atoms with Crippen LogP contribution in [0.4, 0.5) is 0 Å². The lowest BCUT2D eigenvalue weighted by molar-refractivity contribution is 0.594. The summed E-state index contributed by atoms with van der Waals surface area (Å²) in [4.78, 5) is 3.70. The summed E-state index contributed by atoms with van der Waals surface area (Å²) in [6.45, 7) is 0. The molecule has 1 aromatic heterocycles. The first-order valence-corrected chi connectivity index (χ1v) is 5.18. The van der Waals surface area contributed by atoms with E-state index in [0.717, 1.165) is 12.8 Å². The van der Waals surface area contributed by atoms with Crippen LogP contribution in [-0.4, -0.2) is 18.0 Å². The average Bonchev–Trinajstić information content (AvgIpc) is 2.66. The molecule has 0 unspecified atom stereocenters. The molecular weight excluding hydrogens is 178 g/mol. The van der Waals surface area contributed by atoms with Crippen molar-refractivity contribution in [3.8, 4) is 0 Å². The van der Waals surface area contributed by atoms with Crippen LogP contribution in [0.2, 0.25) is 0 Å². The molecule has 66 valence electrons. The van der Waals surface area contributed by atoms with E-state index < -0.39 is 10.0 Å². The van der Waals surface area contributed by atoms with Crippen LogP contribution >= 0.6 is 0 Å². The molecule has 5 nitrogen and oxygen atoms in total. The lowest BCUT2D eigenvalue weighted by Gasteiger charge is -1.93. The van der Waals surface area contributed by atoms with E-state index in [9.17, 15) is 8.42 Å². The highest BCUT2D eigenvalue weighted by atomic mass is 32.2. The summed E-state index contributed by atoms with van der Waals surface area (Å²) in [6.07, 6.45) is 5.19. The fraction of sp³-hybridized carbons (Fsp3) is 0.500. The van der Waals surface area contributed by atoms with Gasteiger partial charge in [0.05, 0.1) is 6.33 Å². The van der Waals surface area contributed by atoms with Gasteiger partial charge in [-0.1, -0.05) is 0 Å². The molecule has 2 N–H and O–H groups in total. The average molecular weight is 187 g/mol. The smallest absolute Gasteiger partial charge is 0.257 e. The number of nitrogens with zero attached hydrogens (tertiary/aromatic N) is 2.